The molecule has 1 aromatic carbocycles. The number of esters is 1. The van der Waals surface area contributed by atoms with E-state index >= 15 is 0 Å². The third-order valence-corrected chi connectivity index (χ3v) is 1.99. The normalized spacial score (nSPS) is 11.9. The van der Waals surface area contributed by atoms with Crippen molar-refractivity contribution >= 4 is 17.6 Å². The van der Waals surface area contributed by atoms with Crippen molar-refractivity contribution in [3.8, 4) is 5.75 Å². The fourth-order valence-corrected chi connectivity index (χ4v) is 1.11. The van der Waals surface area contributed by atoms with E-state index in [0.717, 1.165) is 0 Å². The second-order valence-electron chi connectivity index (χ2n) is 3.22. The van der Waals surface area contributed by atoms with Gasteiger partial charge in [-0.25, -0.2) is 0 Å². The summed E-state index contributed by atoms with van der Waals surface area (Å²) in [5, 5.41) is 10.0. The molecule has 0 aromatic heterocycles. The Morgan fingerprint density at radius 2 is 2.00 bits per heavy atom. The first kappa shape index (κ1) is 12.8. The first-order valence-corrected chi connectivity index (χ1v) is 5.15. The van der Waals surface area contributed by atoms with Crippen LogP contribution in [0.2, 0.25) is 5.02 Å². The SMILES string of the molecule is CC(=O)OCC(O)COc1ccc(Cl)cc1. The van der Waals surface area contributed by atoms with E-state index < -0.39 is 12.1 Å². The van der Waals surface area contributed by atoms with Crippen molar-refractivity contribution in [3.05, 3.63) is 29.3 Å². The van der Waals surface area contributed by atoms with Crippen LogP contribution < -0.4 is 4.74 Å². The largest absolute Gasteiger partial charge is 0.491 e. The van der Waals surface area contributed by atoms with Gasteiger partial charge in [0.15, 0.2) is 0 Å². The maximum Gasteiger partial charge on any atom is 0.302 e. The van der Waals surface area contributed by atoms with Gasteiger partial charge in [0.05, 0.1) is 0 Å². The topological polar surface area (TPSA) is 55.8 Å². The van der Waals surface area contributed by atoms with Gasteiger partial charge in [0.25, 0.3) is 0 Å². The highest BCUT2D eigenvalue weighted by atomic mass is 35.5. The van der Waals surface area contributed by atoms with Crippen LogP contribution >= 0.6 is 11.6 Å². The monoisotopic (exact) mass is 244 g/mol. The Hall–Kier alpha value is -1.26. The molecule has 0 bridgehead atoms. The minimum atomic E-state index is -0.834. The Bertz CT molecular complexity index is 336. The summed E-state index contributed by atoms with van der Waals surface area (Å²) in [5.41, 5.74) is 0. The van der Waals surface area contributed by atoms with Gasteiger partial charge in [0, 0.05) is 11.9 Å². The van der Waals surface area contributed by atoms with E-state index in [1.165, 1.54) is 6.92 Å². The van der Waals surface area contributed by atoms with Gasteiger partial charge in [-0.3, -0.25) is 4.79 Å². The van der Waals surface area contributed by atoms with Crippen LogP contribution in [0.4, 0.5) is 0 Å². The number of aliphatic hydroxyl groups is 1. The summed E-state index contributed by atoms with van der Waals surface area (Å²) in [4.78, 5) is 10.5. The molecule has 0 radical (unpaired) electrons. The van der Waals surface area contributed by atoms with Crippen molar-refractivity contribution in [3.63, 3.8) is 0 Å². The molecular formula is C11H13ClO4. The van der Waals surface area contributed by atoms with E-state index in [4.69, 9.17) is 16.3 Å². The van der Waals surface area contributed by atoms with E-state index in [9.17, 15) is 9.90 Å². The number of ether oxygens (including phenoxy) is 2. The maximum atomic E-state index is 10.5. The standard InChI is InChI=1S/C11H13ClO4/c1-8(13)15-6-10(14)7-16-11-4-2-9(12)3-5-11/h2-5,10,14H,6-7H2,1H3. The summed E-state index contributed by atoms with van der Waals surface area (Å²) in [5.74, 6) is 0.178. The molecule has 0 saturated heterocycles. The van der Waals surface area contributed by atoms with E-state index in [-0.39, 0.29) is 13.2 Å². The van der Waals surface area contributed by atoms with Crippen molar-refractivity contribution in [2.24, 2.45) is 0 Å². The Morgan fingerprint density at radius 1 is 1.38 bits per heavy atom. The first-order valence-electron chi connectivity index (χ1n) is 4.77. The van der Waals surface area contributed by atoms with Crippen LogP contribution in [0, 0.1) is 0 Å². The second kappa shape index (κ2) is 6.35. The number of halogens is 1. The molecule has 1 unspecified atom stereocenters. The van der Waals surface area contributed by atoms with Crippen molar-refractivity contribution in [2.75, 3.05) is 13.2 Å². The number of hydrogen-bond donors (Lipinski definition) is 1. The van der Waals surface area contributed by atoms with Crippen LogP contribution in [0.15, 0.2) is 24.3 Å². The van der Waals surface area contributed by atoms with Crippen molar-refractivity contribution < 1.29 is 19.4 Å². The van der Waals surface area contributed by atoms with Gasteiger partial charge in [-0.15, -0.1) is 0 Å². The second-order valence-corrected chi connectivity index (χ2v) is 3.66. The average Bonchev–Trinajstić information content (AvgIpc) is 2.25. The summed E-state index contributed by atoms with van der Waals surface area (Å²) in [7, 11) is 0. The van der Waals surface area contributed by atoms with Gasteiger partial charge in [0.2, 0.25) is 0 Å². The van der Waals surface area contributed by atoms with Crippen LogP contribution in [0.1, 0.15) is 6.92 Å². The van der Waals surface area contributed by atoms with Crippen LogP contribution in [0.3, 0.4) is 0 Å². The molecule has 1 aromatic rings. The summed E-state index contributed by atoms with van der Waals surface area (Å²) in [6.45, 7) is 1.28. The molecule has 1 rings (SSSR count). The quantitative estimate of drug-likeness (QED) is 0.800. The lowest BCUT2D eigenvalue weighted by molar-refractivity contribution is -0.144. The van der Waals surface area contributed by atoms with Gasteiger partial charge in [-0.1, -0.05) is 11.6 Å². The molecular weight excluding hydrogens is 232 g/mol. The molecule has 0 heterocycles. The van der Waals surface area contributed by atoms with E-state index in [2.05, 4.69) is 4.74 Å². The first-order chi connectivity index (χ1) is 7.58. The Kier molecular flexibility index (Phi) is 5.08. The van der Waals surface area contributed by atoms with E-state index in [1.54, 1.807) is 24.3 Å². The summed E-state index contributed by atoms with van der Waals surface area (Å²) in [6, 6.07) is 6.77. The lowest BCUT2D eigenvalue weighted by Gasteiger charge is -2.11. The van der Waals surface area contributed by atoms with Gasteiger partial charge in [-0.2, -0.15) is 0 Å². The Morgan fingerprint density at radius 3 is 2.56 bits per heavy atom. The van der Waals surface area contributed by atoms with Crippen molar-refractivity contribution in [1.82, 2.24) is 0 Å². The molecule has 0 spiro atoms. The van der Waals surface area contributed by atoms with Gasteiger partial charge >= 0.3 is 5.97 Å². The lowest BCUT2D eigenvalue weighted by atomic mass is 10.3. The summed E-state index contributed by atoms with van der Waals surface area (Å²) < 4.78 is 9.88. The Labute approximate surface area is 98.7 Å². The van der Waals surface area contributed by atoms with Crippen LogP contribution in [-0.2, 0) is 9.53 Å². The minimum absolute atomic E-state index is 0.0644. The summed E-state index contributed by atoms with van der Waals surface area (Å²) in [6.07, 6.45) is -0.834. The molecule has 0 saturated carbocycles. The molecule has 1 atom stereocenters. The zero-order valence-corrected chi connectivity index (χ0v) is 9.61. The highest BCUT2D eigenvalue weighted by Gasteiger charge is 2.07. The third-order valence-electron chi connectivity index (χ3n) is 1.74. The molecule has 5 heteroatoms. The molecule has 0 aliphatic heterocycles. The molecule has 16 heavy (non-hydrogen) atoms. The predicted molar refractivity (Wildman–Crippen MR) is 59.6 cm³/mol. The number of benzene rings is 1. The van der Waals surface area contributed by atoms with Crippen LogP contribution in [-0.4, -0.2) is 30.4 Å². The average molecular weight is 245 g/mol. The van der Waals surface area contributed by atoms with Crippen molar-refractivity contribution in [2.45, 2.75) is 13.0 Å². The smallest absolute Gasteiger partial charge is 0.302 e. The zero-order chi connectivity index (χ0) is 12.0. The predicted octanol–water partition coefficient (Wildman–Crippen LogP) is 1.64. The van der Waals surface area contributed by atoms with E-state index in [1.807, 2.05) is 0 Å². The maximum absolute atomic E-state index is 10.5. The number of aliphatic hydroxyl groups excluding tert-OH is 1. The highest BCUT2D eigenvalue weighted by Crippen LogP contribution is 2.15. The molecule has 0 amide bonds. The van der Waals surface area contributed by atoms with Crippen LogP contribution in [0.25, 0.3) is 0 Å². The zero-order valence-electron chi connectivity index (χ0n) is 8.85. The molecule has 0 fully saturated rings. The number of carbonyl (C=O) groups is 1. The third kappa shape index (κ3) is 5.00. The molecule has 0 aliphatic carbocycles. The highest BCUT2D eigenvalue weighted by molar-refractivity contribution is 6.30. The number of carbonyl (C=O) groups excluding carboxylic acids is 1. The minimum Gasteiger partial charge on any atom is -0.491 e. The molecule has 0 aliphatic rings. The van der Waals surface area contributed by atoms with Gasteiger partial charge < -0.3 is 14.6 Å². The lowest BCUT2D eigenvalue weighted by Crippen LogP contribution is -2.24. The fourth-order valence-electron chi connectivity index (χ4n) is 0.985. The summed E-state index contributed by atoms with van der Waals surface area (Å²) >= 11 is 5.70. The van der Waals surface area contributed by atoms with Crippen LogP contribution in [0.5, 0.6) is 5.75 Å². The molecule has 88 valence electrons. The van der Waals surface area contributed by atoms with Crippen molar-refractivity contribution in [1.29, 1.82) is 0 Å². The van der Waals surface area contributed by atoms with Gasteiger partial charge in [0.1, 0.15) is 25.1 Å². The van der Waals surface area contributed by atoms with Gasteiger partial charge in [-0.05, 0) is 24.3 Å². The number of rotatable bonds is 5. The van der Waals surface area contributed by atoms with E-state index in [0.29, 0.717) is 10.8 Å². The Balaban J connectivity index is 2.28. The molecule has 1 N–H and O–H groups in total. The number of hydrogen-bond acceptors (Lipinski definition) is 4. The molecule has 4 nitrogen and oxygen atoms in total. The fraction of sp³-hybridized carbons (Fsp3) is 0.364.